The molecule has 92 valence electrons. The van der Waals surface area contributed by atoms with E-state index < -0.39 is 0 Å². The molecule has 1 rings (SSSR count). The van der Waals surface area contributed by atoms with Crippen LogP contribution in [0.1, 0.15) is 26.7 Å². The number of hydrogen-bond acceptors (Lipinski definition) is 4. The second kappa shape index (κ2) is 6.48. The number of amides is 1. The lowest BCUT2D eigenvalue weighted by Gasteiger charge is -2.16. The molecule has 16 heavy (non-hydrogen) atoms. The molecule has 0 radical (unpaired) electrons. The van der Waals surface area contributed by atoms with Gasteiger partial charge in [-0.05, 0) is 19.9 Å². The zero-order chi connectivity index (χ0) is 12.0. The van der Waals surface area contributed by atoms with Crippen molar-refractivity contribution < 1.29 is 14.3 Å². The highest BCUT2D eigenvalue weighted by atomic mass is 16.5. The number of likely N-dealkylation sites (N-methyl/N-ethyl adjacent to an activating group) is 1. The number of nitrogens with zero attached hydrogens (tertiary/aromatic N) is 1. The normalized spacial score (nSPS) is 20.2. The Balaban J connectivity index is 2.29. The van der Waals surface area contributed by atoms with E-state index in [1.165, 1.54) is 0 Å². The average Bonchev–Trinajstić information content (AvgIpc) is 2.59. The first-order valence-electron chi connectivity index (χ1n) is 5.86. The van der Waals surface area contributed by atoms with Gasteiger partial charge in [-0.1, -0.05) is 6.92 Å². The fourth-order valence-corrected chi connectivity index (χ4v) is 1.86. The van der Waals surface area contributed by atoms with Gasteiger partial charge in [0.25, 0.3) is 0 Å². The van der Waals surface area contributed by atoms with Crippen molar-refractivity contribution in [2.45, 2.75) is 32.7 Å². The van der Waals surface area contributed by atoms with E-state index in [9.17, 15) is 9.59 Å². The number of likely N-dealkylation sites (tertiary alicyclic amines) is 1. The Kier molecular flexibility index (Phi) is 5.25. The van der Waals surface area contributed by atoms with Crippen molar-refractivity contribution in [1.29, 1.82) is 0 Å². The van der Waals surface area contributed by atoms with Gasteiger partial charge in [0.2, 0.25) is 5.91 Å². The smallest absolute Gasteiger partial charge is 0.307 e. The van der Waals surface area contributed by atoms with Crippen LogP contribution in [0.25, 0.3) is 0 Å². The molecule has 5 heteroatoms. The van der Waals surface area contributed by atoms with Crippen LogP contribution in [-0.2, 0) is 14.3 Å². The van der Waals surface area contributed by atoms with Crippen molar-refractivity contribution in [1.82, 2.24) is 10.2 Å². The molecule has 1 atom stereocenters. The molecule has 5 nitrogen and oxygen atoms in total. The molecular weight excluding hydrogens is 208 g/mol. The first-order chi connectivity index (χ1) is 7.69. The Morgan fingerprint density at radius 1 is 1.56 bits per heavy atom. The van der Waals surface area contributed by atoms with Gasteiger partial charge < -0.3 is 15.0 Å². The molecule has 0 aromatic heterocycles. The van der Waals surface area contributed by atoms with Gasteiger partial charge in [0.05, 0.1) is 19.1 Å². The van der Waals surface area contributed by atoms with Gasteiger partial charge in [0, 0.05) is 13.1 Å². The van der Waals surface area contributed by atoms with Crippen LogP contribution in [0.15, 0.2) is 0 Å². The lowest BCUT2D eigenvalue weighted by Crippen LogP contribution is -2.38. The molecule has 0 saturated carbocycles. The van der Waals surface area contributed by atoms with Gasteiger partial charge in [-0.2, -0.15) is 0 Å². The van der Waals surface area contributed by atoms with Gasteiger partial charge in [-0.25, -0.2) is 0 Å². The van der Waals surface area contributed by atoms with E-state index in [4.69, 9.17) is 4.74 Å². The zero-order valence-electron chi connectivity index (χ0n) is 9.99. The van der Waals surface area contributed by atoms with Crippen molar-refractivity contribution >= 4 is 11.9 Å². The highest BCUT2D eigenvalue weighted by molar-refractivity contribution is 5.84. The van der Waals surface area contributed by atoms with Crippen molar-refractivity contribution in [3.05, 3.63) is 0 Å². The van der Waals surface area contributed by atoms with E-state index in [2.05, 4.69) is 5.32 Å². The van der Waals surface area contributed by atoms with E-state index in [-0.39, 0.29) is 17.9 Å². The summed E-state index contributed by atoms with van der Waals surface area (Å²) in [5.41, 5.74) is 0. The quantitative estimate of drug-likeness (QED) is 0.657. The molecule has 1 fully saturated rings. The molecule has 0 aromatic carbocycles. The summed E-state index contributed by atoms with van der Waals surface area (Å²) in [7, 11) is 0. The van der Waals surface area contributed by atoms with Gasteiger partial charge in [-0.15, -0.1) is 0 Å². The van der Waals surface area contributed by atoms with E-state index in [0.29, 0.717) is 19.6 Å². The molecule has 0 aromatic rings. The summed E-state index contributed by atoms with van der Waals surface area (Å²) in [6.45, 7) is 6.15. The third-order valence-electron chi connectivity index (χ3n) is 2.64. The van der Waals surface area contributed by atoms with Crippen LogP contribution in [0.3, 0.4) is 0 Å². The third-order valence-corrected chi connectivity index (χ3v) is 2.64. The fourth-order valence-electron chi connectivity index (χ4n) is 1.86. The van der Waals surface area contributed by atoms with E-state index in [1.807, 2.05) is 6.92 Å². The van der Waals surface area contributed by atoms with Crippen LogP contribution in [-0.4, -0.2) is 49.1 Å². The van der Waals surface area contributed by atoms with E-state index in [0.717, 1.165) is 19.5 Å². The predicted molar refractivity (Wildman–Crippen MR) is 59.9 cm³/mol. The number of carbonyl (C=O) groups is 2. The number of hydrogen-bond donors (Lipinski definition) is 1. The summed E-state index contributed by atoms with van der Waals surface area (Å²) in [4.78, 5) is 24.6. The second-order valence-electron chi connectivity index (χ2n) is 3.78. The molecule has 1 amide bonds. The molecule has 1 unspecified atom stereocenters. The van der Waals surface area contributed by atoms with Crippen molar-refractivity contribution in [2.24, 2.45) is 0 Å². The van der Waals surface area contributed by atoms with Crippen LogP contribution in [0, 0.1) is 0 Å². The van der Waals surface area contributed by atoms with Crippen LogP contribution < -0.4 is 5.32 Å². The summed E-state index contributed by atoms with van der Waals surface area (Å²) in [6, 6.07) is -0.0628. The lowest BCUT2D eigenvalue weighted by molar-refractivity contribution is -0.143. The molecule has 0 bridgehead atoms. The largest absolute Gasteiger partial charge is 0.466 e. The minimum absolute atomic E-state index is 0.0628. The fraction of sp³-hybridized carbons (Fsp3) is 0.818. The van der Waals surface area contributed by atoms with E-state index >= 15 is 0 Å². The predicted octanol–water partition coefficient (Wildman–Crippen LogP) is 0.150. The summed E-state index contributed by atoms with van der Waals surface area (Å²) in [6.07, 6.45) is 1.12. The number of rotatable bonds is 6. The van der Waals surface area contributed by atoms with Gasteiger partial charge in [-0.3, -0.25) is 9.59 Å². The average molecular weight is 228 g/mol. The highest BCUT2D eigenvalue weighted by Gasteiger charge is 2.30. The minimum atomic E-state index is -0.234. The molecule has 1 aliphatic heterocycles. The third kappa shape index (κ3) is 3.48. The number of ether oxygens (including phenoxy) is 1. The monoisotopic (exact) mass is 228 g/mol. The molecule has 1 aliphatic rings. The van der Waals surface area contributed by atoms with Crippen LogP contribution in [0.4, 0.5) is 0 Å². The van der Waals surface area contributed by atoms with Gasteiger partial charge in [0.1, 0.15) is 0 Å². The molecule has 1 N–H and O–H groups in total. The SMILES string of the molecule is CCNC1CCN(CCC(=O)OCC)C1=O. The molecule has 0 aliphatic carbocycles. The van der Waals surface area contributed by atoms with Crippen molar-refractivity contribution in [2.75, 3.05) is 26.2 Å². The van der Waals surface area contributed by atoms with Crippen molar-refractivity contribution in [3.8, 4) is 0 Å². The number of nitrogens with one attached hydrogen (secondary N) is 1. The van der Waals surface area contributed by atoms with Crippen molar-refractivity contribution in [3.63, 3.8) is 0 Å². The van der Waals surface area contributed by atoms with Gasteiger partial charge in [0.15, 0.2) is 0 Å². The standard InChI is InChI=1S/C11H20N2O3/c1-3-12-9-5-7-13(11(9)15)8-6-10(14)16-4-2/h9,12H,3-8H2,1-2H3. The highest BCUT2D eigenvalue weighted by Crippen LogP contribution is 2.11. The number of carbonyl (C=O) groups excluding carboxylic acids is 2. The van der Waals surface area contributed by atoms with Crippen LogP contribution >= 0.6 is 0 Å². The summed E-state index contributed by atoms with van der Waals surface area (Å²) in [5, 5.41) is 3.13. The zero-order valence-corrected chi connectivity index (χ0v) is 9.99. The number of esters is 1. The Hall–Kier alpha value is -1.10. The van der Waals surface area contributed by atoms with Crippen LogP contribution in [0.5, 0.6) is 0 Å². The Bertz CT molecular complexity index is 256. The second-order valence-corrected chi connectivity index (χ2v) is 3.78. The first kappa shape index (κ1) is 13.0. The molecule has 1 heterocycles. The first-order valence-corrected chi connectivity index (χ1v) is 5.86. The summed E-state index contributed by atoms with van der Waals surface area (Å²) >= 11 is 0. The topological polar surface area (TPSA) is 58.6 Å². The van der Waals surface area contributed by atoms with Gasteiger partial charge >= 0.3 is 5.97 Å². The lowest BCUT2D eigenvalue weighted by atomic mass is 10.2. The maximum Gasteiger partial charge on any atom is 0.307 e. The Labute approximate surface area is 96.1 Å². The maximum absolute atomic E-state index is 11.8. The molecule has 1 saturated heterocycles. The molecule has 0 spiro atoms. The summed E-state index contributed by atoms with van der Waals surface area (Å²) < 4.78 is 4.82. The van der Waals surface area contributed by atoms with Crippen LogP contribution in [0.2, 0.25) is 0 Å². The Morgan fingerprint density at radius 3 is 2.94 bits per heavy atom. The summed E-state index contributed by atoms with van der Waals surface area (Å²) in [5.74, 6) is -0.131. The minimum Gasteiger partial charge on any atom is -0.466 e. The Morgan fingerprint density at radius 2 is 2.31 bits per heavy atom. The maximum atomic E-state index is 11.8. The van der Waals surface area contributed by atoms with E-state index in [1.54, 1.807) is 11.8 Å². The molecular formula is C11H20N2O3.